The molecule has 0 amide bonds. The van der Waals surface area contributed by atoms with Gasteiger partial charge < -0.3 is 0 Å². The maximum absolute atomic E-state index is 11.9. The summed E-state index contributed by atoms with van der Waals surface area (Å²) in [5.74, 6) is -0.997. The van der Waals surface area contributed by atoms with E-state index in [1.807, 2.05) is 18.2 Å². The summed E-state index contributed by atoms with van der Waals surface area (Å²) in [4.78, 5) is 23.9. The van der Waals surface area contributed by atoms with Crippen molar-refractivity contribution in [3.63, 3.8) is 0 Å². The molecule has 0 aliphatic carbocycles. The summed E-state index contributed by atoms with van der Waals surface area (Å²) in [7, 11) is 1.30. The summed E-state index contributed by atoms with van der Waals surface area (Å²) in [5, 5.41) is 0. The number of carbonyl (C=O) groups excluding carboxylic acids is 2. The Morgan fingerprint density at radius 3 is 2.55 bits per heavy atom. The van der Waals surface area contributed by atoms with E-state index in [1.165, 1.54) is 11.6 Å². The van der Waals surface area contributed by atoms with Gasteiger partial charge in [0.15, 0.2) is 0 Å². The summed E-state index contributed by atoms with van der Waals surface area (Å²) in [6.07, 6.45) is 0.459. The third-order valence-electron chi connectivity index (χ3n) is 3.43. The Hall–Kier alpha value is -1.32. The predicted octanol–water partition coefficient (Wildman–Crippen LogP) is 1.32. The third kappa shape index (κ3) is 2.89. The van der Waals surface area contributed by atoms with Gasteiger partial charge in [-0.25, -0.2) is 0 Å². The summed E-state index contributed by atoms with van der Waals surface area (Å²) < 4.78 is 11.1. The molecule has 1 saturated heterocycles. The zero-order chi connectivity index (χ0) is 14.8. The molecule has 1 aliphatic rings. The number of carbonyl (C=O) groups is 2. The van der Waals surface area contributed by atoms with Gasteiger partial charge in [0.25, 0.3) is 0 Å². The van der Waals surface area contributed by atoms with Gasteiger partial charge in [-0.15, -0.1) is 0 Å². The van der Waals surface area contributed by atoms with E-state index in [0.29, 0.717) is 13.0 Å². The van der Waals surface area contributed by atoms with Crippen LogP contribution in [0.4, 0.5) is 0 Å². The van der Waals surface area contributed by atoms with E-state index in [1.54, 1.807) is 6.92 Å². The molecule has 0 spiro atoms. The number of hydrogen-bond donors (Lipinski definition) is 0. The Balaban J connectivity index is 2.21. The molecule has 5 heteroatoms. The molecule has 0 unspecified atom stereocenters. The molecule has 1 aromatic rings. The number of esters is 2. The van der Waals surface area contributed by atoms with Gasteiger partial charge in [0.2, 0.25) is 0 Å². The van der Waals surface area contributed by atoms with Crippen LogP contribution in [0.3, 0.4) is 0 Å². The molecule has 108 valence electrons. The Labute approximate surface area is 125 Å². The van der Waals surface area contributed by atoms with E-state index in [4.69, 9.17) is 9.47 Å². The number of methoxy groups -OCH3 is 1. The molecule has 4 nitrogen and oxygen atoms in total. The number of cyclic esters (lactones) is 1. The summed E-state index contributed by atoms with van der Waals surface area (Å²) in [5.41, 5.74) is -1.20. The second-order valence-corrected chi connectivity index (χ2v) is 8.93. The summed E-state index contributed by atoms with van der Waals surface area (Å²) in [6, 6.07) is 10.1. The number of benzene rings is 1. The van der Waals surface area contributed by atoms with Crippen molar-refractivity contribution in [2.45, 2.75) is 24.6 Å². The normalized spacial score (nSPS) is 29.6. The molecular formula is C15H18O4Se. The minimum atomic E-state index is -1.20. The van der Waals surface area contributed by atoms with E-state index >= 15 is 0 Å². The van der Waals surface area contributed by atoms with Gasteiger partial charge in [-0.3, -0.25) is 0 Å². The molecule has 2 atom stereocenters. The van der Waals surface area contributed by atoms with Crippen LogP contribution >= 0.6 is 0 Å². The van der Waals surface area contributed by atoms with Crippen LogP contribution in [0.15, 0.2) is 30.3 Å². The van der Waals surface area contributed by atoms with Crippen molar-refractivity contribution in [3.8, 4) is 0 Å². The number of rotatable bonds is 3. The fourth-order valence-corrected chi connectivity index (χ4v) is 5.28. The van der Waals surface area contributed by atoms with Gasteiger partial charge in [-0.05, 0) is 0 Å². The van der Waals surface area contributed by atoms with E-state index < -0.39 is 17.4 Å². The fraction of sp³-hybridized carbons (Fsp3) is 0.467. The summed E-state index contributed by atoms with van der Waals surface area (Å²) in [6.45, 7) is 4.03. The second kappa shape index (κ2) is 5.58. The molecule has 0 radical (unpaired) electrons. The molecule has 2 rings (SSSR count). The Bertz CT molecular complexity index is 506. The van der Waals surface area contributed by atoms with Crippen molar-refractivity contribution >= 4 is 31.4 Å². The van der Waals surface area contributed by atoms with Crippen LogP contribution in [0.25, 0.3) is 0 Å². The average molecular weight is 341 g/mol. The maximum atomic E-state index is 11.9. The zero-order valence-corrected chi connectivity index (χ0v) is 13.6. The molecule has 0 N–H and O–H groups in total. The molecule has 0 bridgehead atoms. The van der Waals surface area contributed by atoms with Crippen molar-refractivity contribution in [1.29, 1.82) is 0 Å². The number of ether oxygens (including phenoxy) is 2. The van der Waals surface area contributed by atoms with E-state index in [9.17, 15) is 9.59 Å². The molecule has 1 heterocycles. The van der Waals surface area contributed by atoms with Gasteiger partial charge in [-0.1, -0.05) is 0 Å². The van der Waals surface area contributed by atoms with Gasteiger partial charge in [0, 0.05) is 0 Å². The molecular weight excluding hydrogens is 323 g/mol. The topological polar surface area (TPSA) is 52.6 Å². The van der Waals surface area contributed by atoms with Gasteiger partial charge >= 0.3 is 124 Å². The standard InChI is InChI=1S/C15H18O4Se/c1-14(20-11-7-5-4-6-8-11)9-15(2,12(16)18-3)13(17)19-10-14/h4-8H,9-10H2,1-3H3/t14-,15-/m0/s1. The summed E-state index contributed by atoms with van der Waals surface area (Å²) >= 11 is 0.115. The van der Waals surface area contributed by atoms with Crippen molar-refractivity contribution in [2.24, 2.45) is 5.41 Å². The van der Waals surface area contributed by atoms with Crippen LogP contribution in [-0.4, -0.2) is 40.6 Å². The molecule has 0 aromatic heterocycles. The molecule has 1 aliphatic heterocycles. The van der Waals surface area contributed by atoms with Crippen LogP contribution < -0.4 is 4.46 Å². The number of hydrogen-bond acceptors (Lipinski definition) is 4. The average Bonchev–Trinajstić information content (AvgIpc) is 2.43. The first-order chi connectivity index (χ1) is 9.39. The Kier molecular flexibility index (Phi) is 4.21. The Morgan fingerprint density at radius 1 is 1.30 bits per heavy atom. The van der Waals surface area contributed by atoms with Crippen LogP contribution in [0, 0.1) is 5.41 Å². The third-order valence-corrected chi connectivity index (χ3v) is 6.08. The van der Waals surface area contributed by atoms with Crippen LogP contribution in [0.1, 0.15) is 20.3 Å². The second-order valence-electron chi connectivity index (χ2n) is 5.44. The van der Waals surface area contributed by atoms with Gasteiger partial charge in [0.05, 0.1) is 0 Å². The molecule has 0 saturated carbocycles. The van der Waals surface area contributed by atoms with E-state index in [2.05, 4.69) is 19.1 Å². The fourth-order valence-electron chi connectivity index (χ4n) is 2.47. The SMILES string of the molecule is COC(=O)[C@]1(C)C[C@](C)([Se]c2ccccc2)COC1=O. The van der Waals surface area contributed by atoms with E-state index in [-0.39, 0.29) is 19.3 Å². The van der Waals surface area contributed by atoms with Crippen molar-refractivity contribution in [3.05, 3.63) is 30.3 Å². The van der Waals surface area contributed by atoms with Crippen LogP contribution in [0.2, 0.25) is 4.31 Å². The minimum absolute atomic E-state index is 0.115. The predicted molar refractivity (Wildman–Crippen MR) is 75.9 cm³/mol. The first kappa shape index (κ1) is 15.1. The van der Waals surface area contributed by atoms with Crippen LogP contribution in [0.5, 0.6) is 0 Å². The van der Waals surface area contributed by atoms with Crippen molar-refractivity contribution < 1.29 is 19.1 Å². The first-order valence-corrected chi connectivity index (χ1v) is 8.11. The van der Waals surface area contributed by atoms with Crippen molar-refractivity contribution in [2.75, 3.05) is 13.7 Å². The van der Waals surface area contributed by atoms with Crippen molar-refractivity contribution in [1.82, 2.24) is 0 Å². The molecule has 1 aromatic carbocycles. The first-order valence-electron chi connectivity index (χ1n) is 6.39. The zero-order valence-electron chi connectivity index (χ0n) is 11.8. The molecule has 20 heavy (non-hydrogen) atoms. The van der Waals surface area contributed by atoms with E-state index in [0.717, 1.165) is 0 Å². The van der Waals surface area contributed by atoms with Gasteiger partial charge in [0.1, 0.15) is 0 Å². The Morgan fingerprint density at radius 2 is 1.95 bits per heavy atom. The van der Waals surface area contributed by atoms with Crippen LogP contribution in [-0.2, 0) is 19.1 Å². The monoisotopic (exact) mass is 342 g/mol. The van der Waals surface area contributed by atoms with Gasteiger partial charge in [-0.2, -0.15) is 0 Å². The molecule has 1 fully saturated rings. The quantitative estimate of drug-likeness (QED) is 0.473.